The van der Waals surface area contributed by atoms with E-state index in [1.54, 1.807) is 12.1 Å². The van der Waals surface area contributed by atoms with E-state index in [-0.39, 0.29) is 18.0 Å². The molecule has 4 rings (SSSR count). The molecule has 1 heterocycles. The summed E-state index contributed by atoms with van der Waals surface area (Å²) in [6, 6.07) is 11.7. The highest BCUT2D eigenvalue weighted by Crippen LogP contribution is 2.39. The molecule has 0 saturated heterocycles. The third-order valence-electron chi connectivity index (χ3n) is 6.40. The van der Waals surface area contributed by atoms with E-state index in [1.165, 1.54) is 0 Å². The van der Waals surface area contributed by atoms with E-state index in [0.29, 0.717) is 40.8 Å². The Morgan fingerprint density at radius 3 is 2.76 bits per heavy atom. The van der Waals surface area contributed by atoms with Gasteiger partial charge in [0.05, 0.1) is 35.3 Å². The fourth-order valence-corrected chi connectivity index (χ4v) is 5.16. The average Bonchev–Trinajstić information content (AvgIpc) is 3.38. The zero-order valence-corrected chi connectivity index (χ0v) is 20.5. The molecule has 172 valence electrons. The summed E-state index contributed by atoms with van der Waals surface area (Å²) in [7, 11) is 1.98. The van der Waals surface area contributed by atoms with Gasteiger partial charge in [0.25, 0.3) is 0 Å². The second-order valence-electron chi connectivity index (χ2n) is 8.55. The minimum absolute atomic E-state index is 0.0874. The van der Waals surface area contributed by atoms with Gasteiger partial charge < -0.3 is 14.0 Å². The number of aromatic nitrogens is 1. The van der Waals surface area contributed by atoms with Gasteiger partial charge in [0, 0.05) is 35.1 Å². The van der Waals surface area contributed by atoms with Crippen molar-refractivity contribution in [2.75, 3.05) is 6.61 Å². The van der Waals surface area contributed by atoms with Gasteiger partial charge in [0.1, 0.15) is 5.75 Å². The smallest absolute Gasteiger partial charge is 0.309 e. The normalized spacial score (nSPS) is 17.8. The Balaban J connectivity index is 1.58. The van der Waals surface area contributed by atoms with Gasteiger partial charge in [-0.2, -0.15) is 5.26 Å². The number of nitrogens with zero attached hydrogens (tertiary/aromatic N) is 2. The molecule has 1 aromatic heterocycles. The Hall–Kier alpha value is -2.68. The molecule has 0 aliphatic heterocycles. The Kier molecular flexibility index (Phi) is 6.88. The number of carbonyl (C=O) groups excluding carboxylic acids is 1. The first-order valence-corrected chi connectivity index (χ1v) is 11.9. The Bertz CT molecular complexity index is 1260. The van der Waals surface area contributed by atoms with Gasteiger partial charge in [-0.1, -0.05) is 23.2 Å². The maximum absolute atomic E-state index is 12.0. The zero-order valence-electron chi connectivity index (χ0n) is 19.0. The third kappa shape index (κ3) is 4.69. The van der Waals surface area contributed by atoms with Crippen molar-refractivity contribution in [3.63, 3.8) is 0 Å². The second kappa shape index (κ2) is 9.67. The summed E-state index contributed by atoms with van der Waals surface area (Å²) in [5.74, 6) is 0.294. The van der Waals surface area contributed by atoms with Gasteiger partial charge in [0.2, 0.25) is 0 Å². The summed E-state index contributed by atoms with van der Waals surface area (Å²) in [5, 5.41) is 11.5. The summed E-state index contributed by atoms with van der Waals surface area (Å²) in [6.07, 6.45) is 2.59. The summed E-state index contributed by atoms with van der Waals surface area (Å²) >= 11 is 13.3. The molecule has 1 fully saturated rings. The first-order valence-electron chi connectivity index (χ1n) is 11.1. The van der Waals surface area contributed by atoms with Crippen molar-refractivity contribution in [3.8, 4) is 11.8 Å². The number of nitriles is 1. The minimum Gasteiger partial charge on any atom is -0.489 e. The molecule has 3 aromatic rings. The molecule has 33 heavy (non-hydrogen) atoms. The molecule has 0 amide bonds. The summed E-state index contributed by atoms with van der Waals surface area (Å²) in [5.41, 5.74) is 4.51. The number of benzene rings is 2. The number of aryl methyl sites for hydroxylation is 2. The highest BCUT2D eigenvalue weighted by Gasteiger charge is 2.32. The molecule has 0 radical (unpaired) electrons. The Labute approximate surface area is 203 Å². The standard InChI is InChI=1S/C26H26Cl2N2O3/c1-4-32-26(31)17-5-6-19(11-17)33-24-8-7-22(27)21(25(24)28)13-18-12-20-15(2)9-16(14-29)10-23(20)30(18)3/h7-10,12,17,19H,4-6,11,13H2,1-3H3/t17-,19+/m0/s1. The lowest BCUT2D eigenvalue weighted by atomic mass is 10.1. The van der Waals surface area contributed by atoms with Gasteiger partial charge in [-0.25, -0.2) is 0 Å². The second-order valence-corrected chi connectivity index (χ2v) is 9.33. The van der Waals surface area contributed by atoms with Crippen LogP contribution in [0, 0.1) is 24.2 Å². The van der Waals surface area contributed by atoms with Crippen LogP contribution in [0.25, 0.3) is 10.9 Å². The predicted molar refractivity (Wildman–Crippen MR) is 130 cm³/mol. The Morgan fingerprint density at radius 2 is 2.03 bits per heavy atom. The highest BCUT2D eigenvalue weighted by atomic mass is 35.5. The SMILES string of the molecule is CCOC(=O)[C@H]1CC[C@@H](Oc2ccc(Cl)c(Cc3cc4c(C)cc(C#N)cc4n3C)c2Cl)C1. The zero-order chi connectivity index (χ0) is 23.7. The van der Waals surface area contributed by atoms with Gasteiger partial charge in [-0.05, 0) is 74.6 Å². The number of esters is 1. The maximum atomic E-state index is 12.0. The first kappa shape index (κ1) is 23.5. The van der Waals surface area contributed by atoms with Crippen molar-refractivity contribution in [1.29, 1.82) is 5.26 Å². The Morgan fingerprint density at radius 1 is 1.24 bits per heavy atom. The highest BCUT2D eigenvalue weighted by molar-refractivity contribution is 6.37. The topological polar surface area (TPSA) is 64.2 Å². The van der Waals surface area contributed by atoms with Crippen LogP contribution in [0.3, 0.4) is 0 Å². The number of ether oxygens (including phenoxy) is 2. The van der Waals surface area contributed by atoms with E-state index in [0.717, 1.165) is 40.6 Å². The van der Waals surface area contributed by atoms with E-state index in [2.05, 4.69) is 16.7 Å². The molecule has 2 aromatic carbocycles. The fraction of sp³-hybridized carbons (Fsp3) is 0.385. The van der Waals surface area contributed by atoms with Crippen LogP contribution in [0.1, 0.15) is 48.6 Å². The van der Waals surface area contributed by atoms with Crippen molar-refractivity contribution in [2.24, 2.45) is 13.0 Å². The van der Waals surface area contributed by atoms with Crippen molar-refractivity contribution >= 4 is 40.1 Å². The van der Waals surface area contributed by atoms with Gasteiger partial charge >= 0.3 is 5.97 Å². The predicted octanol–water partition coefficient (Wildman–Crippen LogP) is 6.37. The monoisotopic (exact) mass is 484 g/mol. The average molecular weight is 485 g/mol. The summed E-state index contributed by atoms with van der Waals surface area (Å²) < 4.78 is 13.4. The van der Waals surface area contributed by atoms with Gasteiger partial charge in [-0.3, -0.25) is 4.79 Å². The van der Waals surface area contributed by atoms with Gasteiger partial charge in [0.15, 0.2) is 0 Å². The van der Waals surface area contributed by atoms with Crippen LogP contribution in [0.15, 0.2) is 30.3 Å². The van der Waals surface area contributed by atoms with Crippen LogP contribution in [-0.2, 0) is 23.0 Å². The summed E-state index contributed by atoms with van der Waals surface area (Å²) in [6.45, 7) is 4.21. The number of rotatable bonds is 6. The molecule has 0 unspecified atom stereocenters. The molecule has 7 heteroatoms. The first-order chi connectivity index (χ1) is 15.8. The number of carbonyl (C=O) groups is 1. The van der Waals surface area contributed by atoms with Crippen LogP contribution >= 0.6 is 23.2 Å². The number of halogens is 2. The molecule has 5 nitrogen and oxygen atoms in total. The van der Waals surface area contributed by atoms with Crippen LogP contribution in [-0.4, -0.2) is 23.2 Å². The van der Waals surface area contributed by atoms with Crippen LogP contribution < -0.4 is 4.74 Å². The molecule has 1 saturated carbocycles. The van der Waals surface area contributed by atoms with Crippen molar-refractivity contribution in [1.82, 2.24) is 4.57 Å². The van der Waals surface area contributed by atoms with Gasteiger partial charge in [-0.15, -0.1) is 0 Å². The lowest BCUT2D eigenvalue weighted by Gasteiger charge is -2.18. The molecular formula is C26H26Cl2N2O3. The minimum atomic E-state index is -0.155. The number of hydrogen-bond donors (Lipinski definition) is 0. The molecule has 1 aliphatic carbocycles. The molecular weight excluding hydrogens is 459 g/mol. The van der Waals surface area contributed by atoms with E-state index in [4.69, 9.17) is 32.7 Å². The largest absolute Gasteiger partial charge is 0.489 e. The maximum Gasteiger partial charge on any atom is 0.309 e. The molecule has 0 bridgehead atoms. The van der Waals surface area contributed by atoms with E-state index in [1.807, 2.05) is 33.0 Å². The van der Waals surface area contributed by atoms with Crippen molar-refractivity contribution in [3.05, 3.63) is 62.8 Å². The van der Waals surface area contributed by atoms with Crippen molar-refractivity contribution < 1.29 is 14.3 Å². The molecule has 1 aliphatic rings. The van der Waals surface area contributed by atoms with Crippen molar-refractivity contribution in [2.45, 2.75) is 45.6 Å². The van der Waals surface area contributed by atoms with Crippen LogP contribution in [0.5, 0.6) is 5.75 Å². The van der Waals surface area contributed by atoms with Crippen LogP contribution in [0.2, 0.25) is 10.0 Å². The third-order valence-corrected chi connectivity index (χ3v) is 7.17. The lowest BCUT2D eigenvalue weighted by Crippen LogP contribution is -2.18. The van der Waals surface area contributed by atoms with E-state index >= 15 is 0 Å². The molecule has 0 N–H and O–H groups in total. The fourth-order valence-electron chi connectivity index (χ4n) is 4.61. The van der Waals surface area contributed by atoms with Crippen LogP contribution in [0.4, 0.5) is 0 Å². The quantitative estimate of drug-likeness (QED) is 0.381. The summed E-state index contributed by atoms with van der Waals surface area (Å²) in [4.78, 5) is 12.0. The lowest BCUT2D eigenvalue weighted by molar-refractivity contribution is -0.147. The number of fused-ring (bicyclic) bond motifs is 1. The van der Waals surface area contributed by atoms with E-state index < -0.39 is 0 Å². The molecule has 0 spiro atoms. The number of hydrogen-bond acceptors (Lipinski definition) is 4. The van der Waals surface area contributed by atoms with E-state index in [9.17, 15) is 10.1 Å². The molecule has 2 atom stereocenters.